The monoisotopic (exact) mass is 439 g/mol. The summed E-state index contributed by atoms with van der Waals surface area (Å²) in [5, 5.41) is 27.8. The van der Waals surface area contributed by atoms with E-state index in [2.05, 4.69) is 10.4 Å². The van der Waals surface area contributed by atoms with Gasteiger partial charge in [0.2, 0.25) is 0 Å². The first-order valence-electron chi connectivity index (χ1n) is 9.88. The fourth-order valence-corrected chi connectivity index (χ4v) is 4.09. The highest BCUT2D eigenvalue weighted by atomic mass is 19.2. The molecule has 1 aromatic heterocycles. The molecule has 0 radical (unpaired) electrons. The Morgan fingerprint density at radius 1 is 1.26 bits per heavy atom. The maximum absolute atomic E-state index is 13.5. The van der Waals surface area contributed by atoms with Gasteiger partial charge in [0, 0.05) is 42.4 Å². The lowest BCUT2D eigenvalue weighted by atomic mass is 9.90. The summed E-state index contributed by atoms with van der Waals surface area (Å²) in [6.45, 7) is 6.33. The van der Waals surface area contributed by atoms with Crippen LogP contribution in [0.2, 0.25) is 0 Å². The second-order valence-electron chi connectivity index (χ2n) is 8.77. The number of hydrogen-bond donors (Lipinski definition) is 3. The molecule has 1 unspecified atom stereocenters. The number of nitrogens with zero attached hydrogens (tertiary/aromatic N) is 4. The second-order valence-corrected chi connectivity index (χ2v) is 8.77. The maximum atomic E-state index is 13.5. The molecule has 3 atom stereocenters. The highest BCUT2D eigenvalue weighted by molar-refractivity contribution is 6.00. The first kappa shape index (κ1) is 21.6. The van der Waals surface area contributed by atoms with E-state index in [0.29, 0.717) is 24.5 Å². The summed E-state index contributed by atoms with van der Waals surface area (Å²) in [6, 6.07) is 1.31. The minimum absolute atomic E-state index is 0.116. The topological polar surface area (TPSA) is 93.9 Å². The van der Waals surface area contributed by atoms with E-state index in [0.717, 1.165) is 12.1 Å². The number of aromatic nitrogens is 2. The van der Waals surface area contributed by atoms with E-state index in [1.807, 2.05) is 6.92 Å². The predicted molar refractivity (Wildman–Crippen MR) is 105 cm³/mol. The van der Waals surface area contributed by atoms with E-state index in [1.165, 1.54) is 4.90 Å². The van der Waals surface area contributed by atoms with Crippen molar-refractivity contribution in [3.8, 4) is 0 Å². The molecule has 0 aliphatic carbocycles. The van der Waals surface area contributed by atoms with E-state index in [9.17, 15) is 28.2 Å². The standard InChI is InChI=1S/C20H24F3N5O3/c1-10-7-28-15(14(6-24-28)27-9-20(2,3)17(29)18(27)30)8-26(10)19(31)25-11-4-12(21)16(23)13(22)5-11/h4-6,10,17,19,25,29,31H,7-9H2,1-3H3/t10-,17?,19-/m0/s1. The molecule has 1 fully saturated rings. The fourth-order valence-electron chi connectivity index (χ4n) is 4.09. The first-order valence-corrected chi connectivity index (χ1v) is 9.88. The van der Waals surface area contributed by atoms with Gasteiger partial charge in [-0.05, 0) is 6.92 Å². The minimum Gasteiger partial charge on any atom is -0.383 e. The number of anilines is 2. The van der Waals surface area contributed by atoms with Crippen LogP contribution in [0.1, 0.15) is 26.5 Å². The van der Waals surface area contributed by atoms with Crippen LogP contribution in [0.5, 0.6) is 0 Å². The SMILES string of the molecule is C[C@H]1Cn2ncc(N3CC(C)(C)C(O)C3=O)c2CN1[C@@H](O)Nc1cc(F)c(F)c(F)c1. The number of nitrogens with one attached hydrogen (secondary N) is 1. The number of amides is 1. The molecule has 4 rings (SSSR count). The molecule has 3 N–H and O–H groups in total. The van der Waals surface area contributed by atoms with Crippen LogP contribution in [0.25, 0.3) is 0 Å². The number of rotatable bonds is 4. The van der Waals surface area contributed by atoms with E-state index < -0.39 is 41.2 Å². The Morgan fingerprint density at radius 2 is 1.90 bits per heavy atom. The zero-order chi connectivity index (χ0) is 22.7. The molecule has 168 valence electrons. The van der Waals surface area contributed by atoms with Crippen LogP contribution in [-0.2, 0) is 17.9 Å². The Kier molecular flexibility index (Phi) is 5.23. The molecule has 0 spiro atoms. The van der Waals surface area contributed by atoms with Gasteiger partial charge in [0.25, 0.3) is 5.91 Å². The molecule has 1 amide bonds. The van der Waals surface area contributed by atoms with Crippen LogP contribution in [-0.4, -0.2) is 55.8 Å². The fraction of sp³-hybridized carbons (Fsp3) is 0.500. The van der Waals surface area contributed by atoms with Crippen molar-refractivity contribution in [3.63, 3.8) is 0 Å². The molecule has 3 heterocycles. The number of fused-ring (bicyclic) bond motifs is 1. The van der Waals surface area contributed by atoms with Crippen molar-refractivity contribution < 1.29 is 28.2 Å². The third-order valence-corrected chi connectivity index (χ3v) is 5.95. The Hall–Kier alpha value is -2.63. The molecular formula is C20H24F3N5O3. The molecule has 0 bridgehead atoms. The number of benzene rings is 1. The van der Waals surface area contributed by atoms with Crippen molar-refractivity contribution in [3.05, 3.63) is 41.5 Å². The number of carbonyl (C=O) groups excluding carboxylic acids is 1. The molecule has 2 aliphatic rings. The molecule has 2 aliphatic heterocycles. The first-order chi connectivity index (χ1) is 14.5. The summed E-state index contributed by atoms with van der Waals surface area (Å²) in [6.07, 6.45) is -0.911. The Bertz CT molecular complexity index is 1000. The number of hydrogen-bond acceptors (Lipinski definition) is 6. The Labute approximate surface area is 176 Å². The van der Waals surface area contributed by atoms with Gasteiger partial charge in [0.15, 0.2) is 23.8 Å². The van der Waals surface area contributed by atoms with Crippen LogP contribution in [0.4, 0.5) is 24.5 Å². The van der Waals surface area contributed by atoms with Crippen LogP contribution < -0.4 is 10.2 Å². The third kappa shape index (κ3) is 3.66. The van der Waals surface area contributed by atoms with Gasteiger partial charge in [0.05, 0.1) is 24.1 Å². The number of carbonyl (C=O) groups is 1. The van der Waals surface area contributed by atoms with Gasteiger partial charge in [-0.2, -0.15) is 5.10 Å². The molecule has 8 nitrogen and oxygen atoms in total. The van der Waals surface area contributed by atoms with Gasteiger partial charge in [-0.15, -0.1) is 0 Å². The van der Waals surface area contributed by atoms with Crippen molar-refractivity contribution >= 4 is 17.3 Å². The van der Waals surface area contributed by atoms with E-state index in [1.54, 1.807) is 29.6 Å². The summed E-state index contributed by atoms with van der Waals surface area (Å²) in [4.78, 5) is 15.7. The van der Waals surface area contributed by atoms with Gasteiger partial charge in [-0.1, -0.05) is 13.8 Å². The Morgan fingerprint density at radius 3 is 2.48 bits per heavy atom. The lowest BCUT2D eigenvalue weighted by Crippen LogP contribution is -2.50. The molecule has 2 aromatic rings. The Balaban J connectivity index is 1.57. The van der Waals surface area contributed by atoms with Crippen molar-refractivity contribution in [2.24, 2.45) is 5.41 Å². The summed E-state index contributed by atoms with van der Waals surface area (Å²) >= 11 is 0. The number of aliphatic hydroxyl groups excluding tert-OH is 2. The van der Waals surface area contributed by atoms with Gasteiger partial charge in [0.1, 0.15) is 6.10 Å². The molecule has 11 heteroatoms. The summed E-state index contributed by atoms with van der Waals surface area (Å²) in [7, 11) is 0. The second kappa shape index (κ2) is 7.50. The van der Waals surface area contributed by atoms with Gasteiger partial charge < -0.3 is 20.4 Å². The van der Waals surface area contributed by atoms with E-state index in [-0.39, 0.29) is 18.3 Å². The van der Waals surface area contributed by atoms with Crippen LogP contribution in [0.15, 0.2) is 18.3 Å². The molecule has 0 saturated carbocycles. The van der Waals surface area contributed by atoms with Crippen LogP contribution in [0, 0.1) is 22.9 Å². The average molecular weight is 439 g/mol. The van der Waals surface area contributed by atoms with Crippen molar-refractivity contribution in [2.75, 3.05) is 16.8 Å². The molecular weight excluding hydrogens is 415 g/mol. The number of aliphatic hydroxyl groups is 2. The van der Waals surface area contributed by atoms with Crippen molar-refractivity contribution in [2.45, 2.75) is 52.4 Å². The lowest BCUT2D eigenvalue weighted by molar-refractivity contribution is -0.126. The summed E-state index contributed by atoms with van der Waals surface area (Å²) in [5.41, 5.74) is 0.465. The minimum atomic E-state index is -1.58. The van der Waals surface area contributed by atoms with E-state index >= 15 is 0 Å². The van der Waals surface area contributed by atoms with Crippen molar-refractivity contribution in [1.29, 1.82) is 0 Å². The predicted octanol–water partition coefficient (Wildman–Crippen LogP) is 1.63. The smallest absolute Gasteiger partial charge is 0.256 e. The average Bonchev–Trinajstić information content (AvgIpc) is 3.18. The largest absolute Gasteiger partial charge is 0.383 e. The molecule has 1 aromatic carbocycles. The van der Waals surface area contributed by atoms with Crippen molar-refractivity contribution in [1.82, 2.24) is 14.7 Å². The van der Waals surface area contributed by atoms with E-state index in [4.69, 9.17) is 0 Å². The quantitative estimate of drug-likeness (QED) is 0.495. The van der Waals surface area contributed by atoms with Crippen LogP contribution >= 0.6 is 0 Å². The molecule has 31 heavy (non-hydrogen) atoms. The number of halogens is 3. The zero-order valence-electron chi connectivity index (χ0n) is 17.3. The molecule has 1 saturated heterocycles. The van der Waals surface area contributed by atoms with Gasteiger partial charge in [-0.3, -0.25) is 14.4 Å². The zero-order valence-corrected chi connectivity index (χ0v) is 17.3. The highest BCUT2D eigenvalue weighted by Gasteiger charge is 2.47. The lowest BCUT2D eigenvalue weighted by Gasteiger charge is -2.38. The maximum Gasteiger partial charge on any atom is 0.256 e. The summed E-state index contributed by atoms with van der Waals surface area (Å²) in [5.74, 6) is -4.73. The van der Waals surface area contributed by atoms with Gasteiger partial charge >= 0.3 is 0 Å². The summed E-state index contributed by atoms with van der Waals surface area (Å²) < 4.78 is 41.9. The normalized spacial score (nSPS) is 24.4. The highest BCUT2D eigenvalue weighted by Crippen LogP contribution is 2.37. The third-order valence-electron chi connectivity index (χ3n) is 5.95. The van der Waals surface area contributed by atoms with Crippen LogP contribution in [0.3, 0.4) is 0 Å². The van der Waals surface area contributed by atoms with Gasteiger partial charge in [-0.25, -0.2) is 13.2 Å².